The van der Waals surface area contributed by atoms with Crippen molar-refractivity contribution >= 4 is 17.7 Å². The highest BCUT2D eigenvalue weighted by Gasteiger charge is 2.28. The van der Waals surface area contributed by atoms with Crippen molar-refractivity contribution in [1.82, 2.24) is 15.6 Å². The Morgan fingerprint density at radius 2 is 2.05 bits per heavy atom. The molecule has 0 saturated carbocycles. The standard InChI is InChI=1S/C14H15N3O3/c18-12-5-4-10(13(19)17-12)16-14(20)11-6-8-2-1-3-9(8)7-15-11/h6-7,10H,1-5H2,(H,16,20)(H,17,18,19). The molecule has 2 heterocycles. The fraction of sp³-hybridized carbons (Fsp3) is 0.429. The molecule has 3 rings (SSSR count). The van der Waals surface area contributed by atoms with Crippen LogP contribution < -0.4 is 10.6 Å². The SMILES string of the molecule is O=C1CCC(NC(=O)c2cc3c(cn2)CCC3)C(=O)N1. The summed E-state index contributed by atoms with van der Waals surface area (Å²) in [5.74, 6) is -1.11. The van der Waals surface area contributed by atoms with Crippen LogP contribution >= 0.6 is 0 Å². The first-order valence-electron chi connectivity index (χ1n) is 6.76. The van der Waals surface area contributed by atoms with Gasteiger partial charge in [-0.25, -0.2) is 0 Å². The predicted octanol–water partition coefficient (Wildman–Crippen LogP) is 0.105. The molecule has 1 unspecified atom stereocenters. The monoisotopic (exact) mass is 273 g/mol. The van der Waals surface area contributed by atoms with E-state index in [0.29, 0.717) is 12.1 Å². The molecule has 1 fully saturated rings. The highest BCUT2D eigenvalue weighted by Crippen LogP contribution is 2.21. The lowest BCUT2D eigenvalue weighted by atomic mass is 10.1. The maximum atomic E-state index is 12.1. The van der Waals surface area contributed by atoms with Crippen molar-refractivity contribution < 1.29 is 14.4 Å². The molecular formula is C14H15N3O3. The second-order valence-corrected chi connectivity index (χ2v) is 5.17. The van der Waals surface area contributed by atoms with Crippen molar-refractivity contribution in [2.45, 2.75) is 38.1 Å². The van der Waals surface area contributed by atoms with Crippen LogP contribution in [-0.2, 0) is 22.4 Å². The Kier molecular flexibility index (Phi) is 3.22. The van der Waals surface area contributed by atoms with E-state index in [9.17, 15) is 14.4 Å². The number of aryl methyl sites for hydroxylation is 2. The number of amides is 3. The van der Waals surface area contributed by atoms with E-state index < -0.39 is 11.9 Å². The van der Waals surface area contributed by atoms with Crippen LogP contribution in [0.25, 0.3) is 0 Å². The molecule has 2 N–H and O–H groups in total. The van der Waals surface area contributed by atoms with E-state index in [1.54, 1.807) is 12.3 Å². The third-order valence-electron chi connectivity index (χ3n) is 3.75. The number of rotatable bonds is 2. The van der Waals surface area contributed by atoms with Gasteiger partial charge < -0.3 is 5.32 Å². The van der Waals surface area contributed by atoms with Gasteiger partial charge in [0.2, 0.25) is 11.8 Å². The van der Waals surface area contributed by atoms with Gasteiger partial charge >= 0.3 is 0 Å². The molecule has 1 aliphatic carbocycles. The molecule has 0 bridgehead atoms. The summed E-state index contributed by atoms with van der Waals surface area (Å²) in [5, 5.41) is 4.85. The summed E-state index contributed by atoms with van der Waals surface area (Å²) in [4.78, 5) is 38.9. The zero-order valence-corrected chi connectivity index (χ0v) is 10.9. The van der Waals surface area contributed by atoms with Gasteiger partial charge in [0.25, 0.3) is 5.91 Å². The summed E-state index contributed by atoms with van der Waals surface area (Å²) in [5.41, 5.74) is 2.69. The molecule has 1 aliphatic heterocycles. The summed E-state index contributed by atoms with van der Waals surface area (Å²) in [6, 6.07) is 1.14. The lowest BCUT2D eigenvalue weighted by Gasteiger charge is -2.21. The Bertz CT molecular complexity index is 597. The molecular weight excluding hydrogens is 258 g/mol. The molecule has 20 heavy (non-hydrogen) atoms. The molecule has 104 valence electrons. The van der Waals surface area contributed by atoms with Crippen LogP contribution in [0.5, 0.6) is 0 Å². The van der Waals surface area contributed by atoms with Crippen LogP contribution in [0.1, 0.15) is 40.9 Å². The summed E-state index contributed by atoms with van der Waals surface area (Å²) in [6.07, 6.45) is 5.39. The zero-order chi connectivity index (χ0) is 14.1. The summed E-state index contributed by atoms with van der Waals surface area (Å²) < 4.78 is 0. The van der Waals surface area contributed by atoms with E-state index in [-0.39, 0.29) is 18.2 Å². The fourth-order valence-corrected chi connectivity index (χ4v) is 2.64. The van der Waals surface area contributed by atoms with Gasteiger partial charge in [-0.2, -0.15) is 0 Å². The summed E-state index contributed by atoms with van der Waals surface area (Å²) in [7, 11) is 0. The average Bonchev–Trinajstić information content (AvgIpc) is 2.89. The molecule has 3 amide bonds. The summed E-state index contributed by atoms with van der Waals surface area (Å²) >= 11 is 0. The van der Waals surface area contributed by atoms with Gasteiger partial charge in [-0.3, -0.25) is 24.7 Å². The summed E-state index contributed by atoms with van der Waals surface area (Å²) in [6.45, 7) is 0. The van der Waals surface area contributed by atoms with Gasteiger partial charge in [-0.1, -0.05) is 0 Å². The molecule has 0 aromatic carbocycles. The number of hydrogen-bond acceptors (Lipinski definition) is 4. The molecule has 6 heteroatoms. The molecule has 1 atom stereocenters. The number of imide groups is 1. The topological polar surface area (TPSA) is 88.2 Å². The van der Waals surface area contributed by atoms with Crippen LogP contribution in [0.2, 0.25) is 0 Å². The van der Waals surface area contributed by atoms with Gasteiger partial charge in [0.05, 0.1) is 0 Å². The molecule has 0 spiro atoms. The Morgan fingerprint density at radius 1 is 1.25 bits per heavy atom. The number of nitrogens with one attached hydrogen (secondary N) is 2. The maximum Gasteiger partial charge on any atom is 0.270 e. The van der Waals surface area contributed by atoms with Gasteiger partial charge in [-0.05, 0) is 42.9 Å². The number of carbonyl (C=O) groups excluding carboxylic acids is 3. The second kappa shape index (κ2) is 5.03. The van der Waals surface area contributed by atoms with Crippen LogP contribution in [-0.4, -0.2) is 28.7 Å². The zero-order valence-electron chi connectivity index (χ0n) is 10.9. The van der Waals surface area contributed by atoms with Crippen molar-refractivity contribution in [2.24, 2.45) is 0 Å². The predicted molar refractivity (Wildman–Crippen MR) is 69.9 cm³/mol. The number of hydrogen-bond donors (Lipinski definition) is 2. The quantitative estimate of drug-likeness (QED) is 0.748. The largest absolute Gasteiger partial charge is 0.339 e. The van der Waals surface area contributed by atoms with Gasteiger partial charge in [0, 0.05) is 12.6 Å². The first-order chi connectivity index (χ1) is 9.63. The van der Waals surface area contributed by atoms with Crippen LogP contribution in [0.15, 0.2) is 12.3 Å². The Hall–Kier alpha value is -2.24. The number of fused-ring (bicyclic) bond motifs is 1. The number of carbonyl (C=O) groups is 3. The Balaban J connectivity index is 1.70. The van der Waals surface area contributed by atoms with E-state index in [1.807, 2.05) is 0 Å². The van der Waals surface area contributed by atoms with Crippen molar-refractivity contribution in [1.29, 1.82) is 0 Å². The first kappa shape index (κ1) is 12.8. The van der Waals surface area contributed by atoms with E-state index in [1.165, 1.54) is 5.56 Å². The lowest BCUT2D eigenvalue weighted by molar-refractivity contribution is -0.134. The molecule has 6 nitrogen and oxygen atoms in total. The maximum absolute atomic E-state index is 12.1. The normalized spacial score (nSPS) is 21.3. The van der Waals surface area contributed by atoms with Crippen molar-refractivity contribution in [3.05, 3.63) is 29.1 Å². The molecule has 2 aliphatic rings. The van der Waals surface area contributed by atoms with E-state index in [2.05, 4.69) is 15.6 Å². The van der Waals surface area contributed by atoms with E-state index in [4.69, 9.17) is 0 Å². The minimum atomic E-state index is -0.657. The second-order valence-electron chi connectivity index (χ2n) is 5.17. The smallest absolute Gasteiger partial charge is 0.270 e. The number of pyridine rings is 1. The number of nitrogens with zero attached hydrogens (tertiary/aromatic N) is 1. The third-order valence-corrected chi connectivity index (χ3v) is 3.75. The van der Waals surface area contributed by atoms with Crippen molar-refractivity contribution in [3.63, 3.8) is 0 Å². The Labute approximate surface area is 116 Å². The van der Waals surface area contributed by atoms with Gasteiger partial charge in [0.1, 0.15) is 11.7 Å². The van der Waals surface area contributed by atoms with Gasteiger partial charge in [0.15, 0.2) is 0 Å². The first-order valence-corrected chi connectivity index (χ1v) is 6.76. The van der Waals surface area contributed by atoms with E-state index >= 15 is 0 Å². The van der Waals surface area contributed by atoms with Crippen molar-refractivity contribution in [2.75, 3.05) is 0 Å². The molecule has 1 aromatic rings. The van der Waals surface area contributed by atoms with Crippen LogP contribution in [0.4, 0.5) is 0 Å². The minimum absolute atomic E-state index is 0.244. The highest BCUT2D eigenvalue weighted by molar-refractivity contribution is 6.03. The average molecular weight is 273 g/mol. The lowest BCUT2D eigenvalue weighted by Crippen LogP contribution is -2.52. The fourth-order valence-electron chi connectivity index (χ4n) is 2.64. The van der Waals surface area contributed by atoms with Crippen LogP contribution in [0, 0.1) is 0 Å². The van der Waals surface area contributed by atoms with Gasteiger partial charge in [-0.15, -0.1) is 0 Å². The van der Waals surface area contributed by atoms with Crippen LogP contribution in [0.3, 0.4) is 0 Å². The molecule has 0 radical (unpaired) electrons. The number of piperidine rings is 1. The molecule has 1 aromatic heterocycles. The third kappa shape index (κ3) is 2.41. The highest BCUT2D eigenvalue weighted by atomic mass is 16.2. The minimum Gasteiger partial charge on any atom is -0.339 e. The Morgan fingerprint density at radius 3 is 2.85 bits per heavy atom. The molecule has 1 saturated heterocycles. The van der Waals surface area contributed by atoms with Crippen molar-refractivity contribution in [3.8, 4) is 0 Å². The van der Waals surface area contributed by atoms with E-state index in [0.717, 1.165) is 24.8 Å². The number of aromatic nitrogens is 1.